The molecule has 0 radical (unpaired) electrons. The number of hydrogen-bond acceptors (Lipinski definition) is 5. The lowest BCUT2D eigenvalue weighted by atomic mass is 10.3. The van der Waals surface area contributed by atoms with Gasteiger partial charge in [-0.2, -0.15) is 5.10 Å². The first kappa shape index (κ1) is 13.0. The van der Waals surface area contributed by atoms with Crippen LogP contribution in [-0.4, -0.2) is 19.8 Å². The van der Waals surface area contributed by atoms with Crippen LogP contribution in [0.3, 0.4) is 0 Å². The minimum Gasteiger partial charge on any atom is -0.388 e. The van der Waals surface area contributed by atoms with Crippen LogP contribution in [0.25, 0.3) is 5.00 Å². The lowest BCUT2D eigenvalue weighted by Crippen LogP contribution is -1.96. The van der Waals surface area contributed by atoms with Crippen molar-refractivity contribution >= 4 is 28.6 Å². The normalized spacial score (nSPS) is 12.7. The summed E-state index contributed by atoms with van der Waals surface area (Å²) in [6.45, 7) is 3.27. The van der Waals surface area contributed by atoms with E-state index in [1.54, 1.807) is 13.8 Å². The molecule has 6 nitrogen and oxygen atoms in total. The number of thiophene rings is 1. The molecule has 0 aliphatic heterocycles. The lowest BCUT2D eigenvalue weighted by Gasteiger charge is -1.97. The van der Waals surface area contributed by atoms with E-state index in [9.17, 15) is 15.2 Å². The molecule has 1 atom stereocenters. The highest BCUT2D eigenvalue weighted by molar-refractivity contribution is 7.15. The first-order chi connectivity index (χ1) is 8.40. The molecule has 2 aromatic heterocycles. The van der Waals surface area contributed by atoms with Gasteiger partial charge in [0.05, 0.1) is 27.9 Å². The molecule has 0 fully saturated rings. The second kappa shape index (κ2) is 4.68. The summed E-state index contributed by atoms with van der Waals surface area (Å²) in [5, 5.41) is 25.3. The van der Waals surface area contributed by atoms with Gasteiger partial charge in [0.15, 0.2) is 5.00 Å². The van der Waals surface area contributed by atoms with Crippen LogP contribution in [0.15, 0.2) is 12.3 Å². The van der Waals surface area contributed by atoms with E-state index in [4.69, 9.17) is 11.6 Å². The first-order valence-electron chi connectivity index (χ1n) is 5.08. The van der Waals surface area contributed by atoms with Crippen molar-refractivity contribution in [2.75, 3.05) is 0 Å². The van der Waals surface area contributed by atoms with Crippen LogP contribution in [0.2, 0.25) is 5.02 Å². The van der Waals surface area contributed by atoms with Gasteiger partial charge in [-0.05, 0) is 13.8 Å². The maximum Gasteiger partial charge on any atom is 0.306 e. The van der Waals surface area contributed by atoms with Gasteiger partial charge in [-0.15, -0.1) is 11.3 Å². The zero-order valence-electron chi connectivity index (χ0n) is 9.62. The van der Waals surface area contributed by atoms with Gasteiger partial charge in [-0.1, -0.05) is 11.6 Å². The van der Waals surface area contributed by atoms with E-state index in [0.717, 1.165) is 11.3 Å². The predicted molar refractivity (Wildman–Crippen MR) is 68.5 cm³/mol. The second-order valence-electron chi connectivity index (χ2n) is 3.78. The van der Waals surface area contributed by atoms with Crippen molar-refractivity contribution in [1.82, 2.24) is 9.78 Å². The third-order valence-electron chi connectivity index (χ3n) is 2.37. The molecule has 0 aliphatic rings. The molecule has 2 heterocycles. The smallest absolute Gasteiger partial charge is 0.306 e. The summed E-state index contributed by atoms with van der Waals surface area (Å²) in [5.74, 6) is 0. The Bertz CT molecular complexity index is 586. The van der Waals surface area contributed by atoms with E-state index >= 15 is 0 Å². The zero-order valence-corrected chi connectivity index (χ0v) is 11.2. The highest BCUT2D eigenvalue weighted by Crippen LogP contribution is 2.36. The van der Waals surface area contributed by atoms with Gasteiger partial charge in [-0.3, -0.25) is 10.1 Å². The summed E-state index contributed by atoms with van der Waals surface area (Å²) in [6.07, 6.45) is 0.760. The fourth-order valence-corrected chi connectivity index (χ4v) is 2.55. The number of rotatable bonds is 3. The van der Waals surface area contributed by atoms with Gasteiger partial charge in [-0.25, -0.2) is 4.68 Å². The Kier molecular flexibility index (Phi) is 3.38. The summed E-state index contributed by atoms with van der Waals surface area (Å²) in [5.41, 5.74) is 0.507. The van der Waals surface area contributed by atoms with Crippen molar-refractivity contribution in [3.63, 3.8) is 0 Å². The predicted octanol–water partition coefficient (Wildman–Crippen LogP) is 2.86. The maximum absolute atomic E-state index is 11.0. The molecule has 96 valence electrons. The Morgan fingerprint density at radius 1 is 1.67 bits per heavy atom. The summed E-state index contributed by atoms with van der Waals surface area (Å²) in [7, 11) is 0. The van der Waals surface area contributed by atoms with Crippen LogP contribution in [0.1, 0.15) is 23.6 Å². The van der Waals surface area contributed by atoms with E-state index < -0.39 is 11.0 Å². The first-order valence-corrected chi connectivity index (χ1v) is 6.28. The van der Waals surface area contributed by atoms with Gasteiger partial charge in [0.1, 0.15) is 0 Å². The molecule has 0 amide bonds. The SMILES string of the molecule is Cc1nn(-c2sc([C@H](C)O)cc2[N+](=O)[O-])cc1Cl. The van der Waals surface area contributed by atoms with Crippen molar-refractivity contribution in [3.05, 3.63) is 38.0 Å². The standard InChI is InChI=1S/C10H10ClN3O3S/c1-5-7(11)4-13(12-5)10-8(14(16)17)3-9(18-10)6(2)15/h3-4,6,15H,1-2H3/t6-/m0/s1. The van der Waals surface area contributed by atoms with Crippen LogP contribution < -0.4 is 0 Å². The zero-order chi connectivity index (χ0) is 13.4. The highest BCUT2D eigenvalue weighted by atomic mass is 35.5. The number of nitro groups is 1. The number of hydrogen-bond donors (Lipinski definition) is 1. The number of aliphatic hydroxyl groups is 1. The summed E-state index contributed by atoms with van der Waals surface area (Å²) < 4.78 is 1.37. The van der Waals surface area contributed by atoms with Crippen LogP contribution in [-0.2, 0) is 0 Å². The molecule has 0 aliphatic carbocycles. The van der Waals surface area contributed by atoms with Gasteiger partial charge in [0, 0.05) is 10.9 Å². The molecule has 0 aromatic carbocycles. The van der Waals surface area contributed by atoms with E-state index in [1.165, 1.54) is 16.9 Å². The topological polar surface area (TPSA) is 81.2 Å². The average molecular weight is 288 g/mol. The lowest BCUT2D eigenvalue weighted by molar-refractivity contribution is -0.384. The number of aliphatic hydroxyl groups excluding tert-OH is 1. The minimum absolute atomic E-state index is 0.0879. The summed E-state index contributed by atoms with van der Waals surface area (Å²) >= 11 is 7.00. The van der Waals surface area contributed by atoms with E-state index in [0.29, 0.717) is 20.6 Å². The van der Waals surface area contributed by atoms with Crippen molar-refractivity contribution in [2.24, 2.45) is 0 Å². The molecule has 0 saturated heterocycles. The molecule has 0 unspecified atom stereocenters. The van der Waals surface area contributed by atoms with E-state index in [-0.39, 0.29) is 5.69 Å². The van der Waals surface area contributed by atoms with Crippen LogP contribution in [0.4, 0.5) is 5.69 Å². The molecule has 0 saturated carbocycles. The van der Waals surface area contributed by atoms with Crippen molar-refractivity contribution < 1.29 is 10.0 Å². The number of aromatic nitrogens is 2. The van der Waals surface area contributed by atoms with Gasteiger partial charge in [0.25, 0.3) is 0 Å². The Morgan fingerprint density at radius 2 is 2.33 bits per heavy atom. The van der Waals surface area contributed by atoms with Crippen LogP contribution >= 0.6 is 22.9 Å². The van der Waals surface area contributed by atoms with Crippen molar-refractivity contribution in [3.8, 4) is 5.00 Å². The molecule has 2 aromatic rings. The number of aryl methyl sites for hydroxylation is 1. The molecule has 2 rings (SSSR count). The fourth-order valence-electron chi connectivity index (χ4n) is 1.43. The molecule has 8 heteroatoms. The van der Waals surface area contributed by atoms with Gasteiger partial charge in [0.2, 0.25) is 0 Å². The Morgan fingerprint density at radius 3 is 2.78 bits per heavy atom. The molecular formula is C10H10ClN3O3S. The van der Waals surface area contributed by atoms with E-state index in [1.807, 2.05) is 0 Å². The van der Waals surface area contributed by atoms with Crippen molar-refractivity contribution in [1.29, 1.82) is 0 Å². The number of halogens is 1. The molecule has 0 spiro atoms. The largest absolute Gasteiger partial charge is 0.388 e. The molecule has 18 heavy (non-hydrogen) atoms. The summed E-state index contributed by atoms with van der Waals surface area (Å²) in [4.78, 5) is 11.0. The quantitative estimate of drug-likeness (QED) is 0.695. The molecule has 0 bridgehead atoms. The third-order valence-corrected chi connectivity index (χ3v) is 4.02. The second-order valence-corrected chi connectivity index (χ2v) is 5.25. The van der Waals surface area contributed by atoms with Gasteiger partial charge < -0.3 is 5.11 Å². The van der Waals surface area contributed by atoms with Gasteiger partial charge >= 0.3 is 5.69 Å². The maximum atomic E-state index is 11.0. The summed E-state index contributed by atoms with van der Waals surface area (Å²) in [6, 6.07) is 1.36. The van der Waals surface area contributed by atoms with Crippen LogP contribution in [0.5, 0.6) is 0 Å². The third kappa shape index (κ3) is 2.24. The Hall–Kier alpha value is -1.44. The highest BCUT2D eigenvalue weighted by Gasteiger charge is 2.23. The Labute approximate surface area is 112 Å². The average Bonchev–Trinajstić information content (AvgIpc) is 2.83. The van der Waals surface area contributed by atoms with Crippen molar-refractivity contribution in [2.45, 2.75) is 20.0 Å². The van der Waals surface area contributed by atoms with Crippen LogP contribution in [0, 0.1) is 17.0 Å². The number of nitrogens with zero attached hydrogens (tertiary/aromatic N) is 3. The fraction of sp³-hybridized carbons (Fsp3) is 0.300. The van der Waals surface area contributed by atoms with E-state index in [2.05, 4.69) is 5.10 Å². The minimum atomic E-state index is -0.755. The monoisotopic (exact) mass is 287 g/mol. The molecule has 1 N–H and O–H groups in total. The molecular weight excluding hydrogens is 278 g/mol. The Balaban J connectivity index is 2.58.